The van der Waals surface area contributed by atoms with Gasteiger partial charge in [0.25, 0.3) is 5.03 Å². The number of benzene rings is 1. The topological polar surface area (TPSA) is 59.3 Å². The molecule has 1 heterocycles. The molecule has 1 aromatic carbocycles. The minimum atomic E-state index is -0.132. The molecule has 0 radical (unpaired) electrons. The number of thioether (sulfide) groups is 1. The van der Waals surface area contributed by atoms with E-state index in [4.69, 9.17) is 0 Å². The molecule has 0 bridgehead atoms. The highest BCUT2D eigenvalue weighted by Gasteiger charge is 2.11. The maximum Gasteiger partial charge on any atom is 0.251 e. The zero-order valence-electron chi connectivity index (χ0n) is 14.6. The van der Waals surface area contributed by atoms with Crippen LogP contribution in [0.15, 0.2) is 53.7 Å². The van der Waals surface area contributed by atoms with Crippen LogP contribution in [0.1, 0.15) is 20.8 Å². The Morgan fingerprint density at radius 3 is 2.48 bits per heavy atom. The quantitative estimate of drug-likeness (QED) is 0.451. The summed E-state index contributed by atoms with van der Waals surface area (Å²) in [5.41, 5.74) is 1.89. The molecule has 1 N–H and O–H groups in total. The van der Waals surface area contributed by atoms with E-state index in [-0.39, 0.29) is 24.1 Å². The number of hydrogen-bond acceptors (Lipinski definition) is 4. The summed E-state index contributed by atoms with van der Waals surface area (Å²) in [5, 5.41) is 14.9. The molecular weight excluding hydrogens is 358 g/mol. The van der Waals surface area contributed by atoms with Crippen molar-refractivity contribution in [2.45, 2.75) is 31.8 Å². The van der Waals surface area contributed by atoms with Gasteiger partial charge >= 0.3 is 0 Å². The number of anilines is 2. The summed E-state index contributed by atoms with van der Waals surface area (Å²) in [5.74, 6) is 0.0639. The van der Waals surface area contributed by atoms with Gasteiger partial charge in [0.05, 0.1) is 5.75 Å². The van der Waals surface area contributed by atoms with E-state index in [2.05, 4.69) is 31.0 Å². The number of aromatic nitrogens is 1. The predicted octanol–water partition coefficient (Wildman–Crippen LogP) is 3.71. The van der Waals surface area contributed by atoms with Gasteiger partial charge in [0, 0.05) is 36.1 Å². The lowest BCUT2D eigenvalue weighted by molar-refractivity contribution is -0.645. The molecule has 0 aliphatic carbocycles. The maximum absolute atomic E-state index is 12.0. The Bertz CT molecular complexity index is 680. The van der Waals surface area contributed by atoms with Gasteiger partial charge in [-0.05, 0) is 62.9 Å². The number of rotatable bonds is 7. The number of nitrogens with one attached hydrogen (secondary N) is 1. The monoisotopic (exact) mass is 381 g/mol. The predicted molar refractivity (Wildman–Crippen MR) is 107 cm³/mol. The molecule has 25 heavy (non-hydrogen) atoms. The molecule has 2 aromatic rings. The normalized spacial score (nSPS) is 10.2. The second-order valence-electron chi connectivity index (χ2n) is 5.63. The minimum absolute atomic E-state index is 0. The molecule has 0 saturated carbocycles. The molecule has 1 aromatic heterocycles. The third-order valence-electron chi connectivity index (χ3n) is 3.59. The van der Waals surface area contributed by atoms with E-state index in [1.165, 1.54) is 18.0 Å². The standard InChI is InChI=1S/C18H23N3O2S.ClH/c1-4-20(14(2)3)16-10-8-15(9-11-16)19-17(22)13-24-18-7-5-6-12-21(18)23;/h5-12,14H,4,13H2,1-3H3,(H,19,22);1H. The van der Waals surface area contributed by atoms with Gasteiger partial charge in [-0.25, -0.2) is 0 Å². The minimum Gasteiger partial charge on any atom is -0.618 e. The summed E-state index contributed by atoms with van der Waals surface area (Å²) < 4.78 is 0.762. The average Bonchev–Trinajstić information content (AvgIpc) is 2.56. The maximum atomic E-state index is 12.0. The SMILES string of the molecule is CCN(c1ccc(NC(=O)CSc2cccc[n+]2[O-])cc1)C(C)C.Cl. The van der Waals surface area contributed by atoms with Crippen LogP contribution in [0, 0.1) is 5.21 Å². The van der Waals surface area contributed by atoms with Crippen molar-refractivity contribution >= 4 is 41.5 Å². The smallest absolute Gasteiger partial charge is 0.251 e. The van der Waals surface area contributed by atoms with Crippen LogP contribution >= 0.6 is 24.2 Å². The summed E-state index contributed by atoms with van der Waals surface area (Å²) >= 11 is 1.22. The fourth-order valence-corrected chi connectivity index (χ4v) is 3.16. The molecule has 136 valence electrons. The molecule has 1 amide bonds. The Morgan fingerprint density at radius 2 is 1.92 bits per heavy atom. The summed E-state index contributed by atoms with van der Waals surface area (Å²) in [7, 11) is 0. The summed E-state index contributed by atoms with van der Waals surface area (Å²) in [6, 6.07) is 13.4. The van der Waals surface area contributed by atoms with Crippen molar-refractivity contribution in [3.05, 3.63) is 53.9 Å². The van der Waals surface area contributed by atoms with E-state index in [1.54, 1.807) is 18.2 Å². The van der Waals surface area contributed by atoms with E-state index >= 15 is 0 Å². The Labute approximate surface area is 159 Å². The molecule has 7 heteroatoms. The van der Waals surface area contributed by atoms with Crippen LogP contribution in [-0.4, -0.2) is 24.2 Å². The third kappa shape index (κ3) is 6.14. The second kappa shape index (κ2) is 10.2. The van der Waals surface area contributed by atoms with Crippen LogP contribution in [-0.2, 0) is 4.79 Å². The number of pyridine rings is 1. The molecular formula is C18H24ClN3O2S. The fourth-order valence-electron chi connectivity index (χ4n) is 2.44. The molecule has 5 nitrogen and oxygen atoms in total. The number of hydrogen-bond donors (Lipinski definition) is 1. The Balaban J connectivity index is 0.00000312. The first-order chi connectivity index (χ1) is 11.5. The van der Waals surface area contributed by atoms with Gasteiger partial charge < -0.3 is 15.4 Å². The van der Waals surface area contributed by atoms with E-state index in [0.717, 1.165) is 22.6 Å². The van der Waals surface area contributed by atoms with E-state index in [0.29, 0.717) is 11.1 Å². The number of nitrogens with zero attached hydrogens (tertiary/aromatic N) is 2. The van der Waals surface area contributed by atoms with E-state index in [1.807, 2.05) is 24.3 Å². The fraction of sp³-hybridized carbons (Fsp3) is 0.333. The molecule has 0 atom stereocenters. The van der Waals surface area contributed by atoms with Crippen LogP contribution in [0.4, 0.5) is 11.4 Å². The van der Waals surface area contributed by atoms with Crippen molar-refractivity contribution in [1.82, 2.24) is 0 Å². The number of carbonyl (C=O) groups is 1. The Morgan fingerprint density at radius 1 is 1.24 bits per heavy atom. The van der Waals surface area contributed by atoms with E-state index in [9.17, 15) is 10.0 Å². The van der Waals surface area contributed by atoms with Gasteiger partial charge in [-0.3, -0.25) is 4.79 Å². The molecule has 0 spiro atoms. The zero-order valence-corrected chi connectivity index (χ0v) is 16.3. The number of carbonyl (C=O) groups excluding carboxylic acids is 1. The largest absolute Gasteiger partial charge is 0.618 e. The third-order valence-corrected chi connectivity index (χ3v) is 4.60. The molecule has 2 rings (SSSR count). The summed E-state index contributed by atoms with van der Waals surface area (Å²) in [6.07, 6.45) is 1.42. The van der Waals surface area contributed by atoms with Crippen LogP contribution in [0.3, 0.4) is 0 Å². The summed E-state index contributed by atoms with van der Waals surface area (Å²) in [6.45, 7) is 7.37. The highest BCUT2D eigenvalue weighted by atomic mass is 35.5. The first-order valence-electron chi connectivity index (χ1n) is 7.98. The van der Waals surface area contributed by atoms with Crippen LogP contribution in [0.5, 0.6) is 0 Å². The Kier molecular flexibility index (Phi) is 8.58. The lowest BCUT2D eigenvalue weighted by Crippen LogP contribution is -2.30. The van der Waals surface area contributed by atoms with Crippen molar-refractivity contribution in [2.24, 2.45) is 0 Å². The zero-order chi connectivity index (χ0) is 17.5. The molecule has 0 aliphatic rings. The Hall–Kier alpha value is -1.92. The van der Waals surface area contributed by atoms with Crippen molar-refractivity contribution in [3.63, 3.8) is 0 Å². The molecule has 0 fully saturated rings. The molecule has 0 unspecified atom stereocenters. The van der Waals surface area contributed by atoms with Gasteiger partial charge in [-0.2, -0.15) is 4.73 Å². The number of halogens is 1. The van der Waals surface area contributed by atoms with E-state index < -0.39 is 0 Å². The van der Waals surface area contributed by atoms with Gasteiger partial charge in [0.2, 0.25) is 5.91 Å². The summed E-state index contributed by atoms with van der Waals surface area (Å²) in [4.78, 5) is 14.3. The average molecular weight is 382 g/mol. The van der Waals surface area contributed by atoms with Gasteiger partial charge in [-0.15, -0.1) is 12.4 Å². The van der Waals surface area contributed by atoms with Crippen molar-refractivity contribution in [3.8, 4) is 0 Å². The lowest BCUT2D eigenvalue weighted by Gasteiger charge is -2.27. The van der Waals surface area contributed by atoms with Gasteiger partial charge in [0.15, 0.2) is 6.20 Å². The van der Waals surface area contributed by atoms with Crippen molar-refractivity contribution in [2.75, 3.05) is 22.5 Å². The highest BCUT2D eigenvalue weighted by Crippen LogP contribution is 2.20. The molecule has 0 saturated heterocycles. The van der Waals surface area contributed by atoms with Crippen molar-refractivity contribution in [1.29, 1.82) is 0 Å². The number of amides is 1. The second-order valence-corrected chi connectivity index (χ2v) is 6.62. The first-order valence-corrected chi connectivity index (χ1v) is 8.97. The van der Waals surface area contributed by atoms with Gasteiger partial charge in [-0.1, -0.05) is 0 Å². The van der Waals surface area contributed by atoms with Crippen LogP contribution in [0.2, 0.25) is 0 Å². The van der Waals surface area contributed by atoms with Crippen LogP contribution in [0.25, 0.3) is 0 Å². The van der Waals surface area contributed by atoms with Crippen LogP contribution < -0.4 is 14.9 Å². The lowest BCUT2D eigenvalue weighted by atomic mass is 10.2. The molecule has 0 aliphatic heterocycles. The van der Waals surface area contributed by atoms with Crippen molar-refractivity contribution < 1.29 is 9.52 Å². The highest BCUT2D eigenvalue weighted by molar-refractivity contribution is 7.99. The van der Waals surface area contributed by atoms with Gasteiger partial charge in [0.1, 0.15) is 0 Å². The first kappa shape index (κ1) is 21.1.